The number of nitrogens with one attached hydrogen (secondary N) is 1. The molecule has 0 aliphatic heterocycles. The highest BCUT2D eigenvalue weighted by atomic mass is 35.5. The molecule has 86 valence electrons. The van der Waals surface area contributed by atoms with Gasteiger partial charge in [-0.2, -0.15) is 0 Å². The normalized spacial score (nSPS) is 11.7. The summed E-state index contributed by atoms with van der Waals surface area (Å²) in [7, 11) is 1.71. The van der Waals surface area contributed by atoms with Gasteiger partial charge in [0, 0.05) is 18.2 Å². The maximum Gasteiger partial charge on any atom is 0.123 e. The molecule has 1 rings (SSSR count). The van der Waals surface area contributed by atoms with Crippen LogP contribution in [0.2, 0.25) is 0 Å². The molecule has 1 N–H and O–H groups in total. The van der Waals surface area contributed by atoms with Crippen molar-refractivity contribution in [1.82, 2.24) is 5.32 Å². The van der Waals surface area contributed by atoms with Crippen LogP contribution < -0.4 is 10.1 Å². The zero-order valence-electron chi connectivity index (χ0n) is 9.62. The molecule has 0 aromatic heterocycles. The molecular weight excluding hydrogens is 210 g/mol. The monoisotopic (exact) mass is 229 g/mol. The van der Waals surface area contributed by atoms with Crippen molar-refractivity contribution in [3.05, 3.63) is 29.8 Å². The van der Waals surface area contributed by atoms with Gasteiger partial charge in [0.25, 0.3) is 0 Å². The first-order valence-corrected chi connectivity index (χ1v) is 5.13. The van der Waals surface area contributed by atoms with Gasteiger partial charge in [0.1, 0.15) is 5.75 Å². The van der Waals surface area contributed by atoms with Crippen LogP contribution in [0, 0.1) is 0 Å². The van der Waals surface area contributed by atoms with Crippen LogP contribution in [-0.2, 0) is 6.54 Å². The maximum atomic E-state index is 5.27. The summed E-state index contributed by atoms with van der Waals surface area (Å²) < 4.78 is 5.27. The Bertz CT molecular complexity index is 278. The van der Waals surface area contributed by atoms with Gasteiger partial charge in [-0.1, -0.05) is 25.1 Å². The van der Waals surface area contributed by atoms with Crippen molar-refractivity contribution in [3.63, 3.8) is 0 Å². The van der Waals surface area contributed by atoms with Crippen molar-refractivity contribution in [2.45, 2.75) is 32.9 Å². The fraction of sp³-hybridized carbons (Fsp3) is 0.500. The number of halogens is 1. The fourth-order valence-electron chi connectivity index (χ4n) is 1.28. The second-order valence-electron chi connectivity index (χ2n) is 3.50. The molecule has 0 fully saturated rings. The van der Waals surface area contributed by atoms with Crippen LogP contribution in [-0.4, -0.2) is 13.2 Å². The van der Waals surface area contributed by atoms with Crippen molar-refractivity contribution in [1.29, 1.82) is 0 Å². The molecule has 0 radical (unpaired) electrons. The van der Waals surface area contributed by atoms with Gasteiger partial charge in [-0.3, -0.25) is 0 Å². The molecular formula is C12H20ClNO. The van der Waals surface area contributed by atoms with E-state index in [1.807, 2.05) is 18.2 Å². The van der Waals surface area contributed by atoms with Crippen LogP contribution in [0.15, 0.2) is 24.3 Å². The van der Waals surface area contributed by atoms with Crippen molar-refractivity contribution < 1.29 is 4.74 Å². The Hall–Kier alpha value is -0.730. The predicted octanol–water partition coefficient (Wildman–Crippen LogP) is 3.01. The Balaban J connectivity index is 0.00000196. The molecule has 1 unspecified atom stereocenters. The minimum absolute atomic E-state index is 0. The van der Waals surface area contributed by atoms with Crippen LogP contribution in [0.1, 0.15) is 25.8 Å². The van der Waals surface area contributed by atoms with Gasteiger partial charge < -0.3 is 10.1 Å². The number of para-hydroxylation sites is 1. The van der Waals surface area contributed by atoms with E-state index < -0.39 is 0 Å². The largest absolute Gasteiger partial charge is 0.496 e. The number of benzene rings is 1. The van der Waals surface area contributed by atoms with E-state index in [1.54, 1.807) is 7.11 Å². The average Bonchev–Trinajstić information content (AvgIpc) is 2.26. The number of rotatable bonds is 5. The molecule has 0 bridgehead atoms. The first-order valence-electron chi connectivity index (χ1n) is 5.13. The smallest absolute Gasteiger partial charge is 0.123 e. The van der Waals surface area contributed by atoms with Gasteiger partial charge in [-0.15, -0.1) is 12.4 Å². The number of methoxy groups -OCH3 is 1. The van der Waals surface area contributed by atoms with E-state index in [9.17, 15) is 0 Å². The topological polar surface area (TPSA) is 21.3 Å². The third-order valence-electron chi connectivity index (χ3n) is 2.45. The van der Waals surface area contributed by atoms with Gasteiger partial charge in [0.2, 0.25) is 0 Å². The highest BCUT2D eigenvalue weighted by Crippen LogP contribution is 2.16. The number of hydrogen-bond donors (Lipinski definition) is 1. The Morgan fingerprint density at radius 3 is 2.60 bits per heavy atom. The van der Waals surface area contributed by atoms with Gasteiger partial charge in [-0.05, 0) is 19.4 Å². The highest BCUT2D eigenvalue weighted by molar-refractivity contribution is 5.85. The summed E-state index contributed by atoms with van der Waals surface area (Å²) in [6.07, 6.45) is 1.15. The van der Waals surface area contributed by atoms with Crippen molar-refractivity contribution in [2.75, 3.05) is 7.11 Å². The summed E-state index contributed by atoms with van der Waals surface area (Å²) in [5, 5.41) is 3.44. The number of hydrogen-bond acceptors (Lipinski definition) is 2. The van der Waals surface area contributed by atoms with Gasteiger partial charge in [0.15, 0.2) is 0 Å². The Morgan fingerprint density at radius 1 is 1.33 bits per heavy atom. The van der Waals surface area contributed by atoms with E-state index in [4.69, 9.17) is 4.74 Å². The minimum atomic E-state index is 0. The van der Waals surface area contributed by atoms with Crippen LogP contribution in [0.3, 0.4) is 0 Å². The molecule has 1 atom stereocenters. The lowest BCUT2D eigenvalue weighted by Gasteiger charge is -2.13. The highest BCUT2D eigenvalue weighted by Gasteiger charge is 2.02. The molecule has 0 aliphatic rings. The fourth-order valence-corrected chi connectivity index (χ4v) is 1.28. The second kappa shape index (κ2) is 7.55. The van der Waals surface area contributed by atoms with Crippen molar-refractivity contribution >= 4 is 12.4 Å². The van der Waals surface area contributed by atoms with E-state index in [1.165, 1.54) is 5.56 Å². The third-order valence-corrected chi connectivity index (χ3v) is 2.45. The van der Waals surface area contributed by atoms with E-state index in [2.05, 4.69) is 25.2 Å². The molecule has 1 aromatic rings. The standard InChI is InChI=1S/C12H19NO.ClH/c1-4-10(2)13-9-11-7-5-6-8-12(11)14-3;/h5-8,10,13H,4,9H2,1-3H3;1H. The number of ether oxygens (including phenoxy) is 1. The van der Waals surface area contributed by atoms with E-state index in [0.717, 1.165) is 18.7 Å². The second-order valence-corrected chi connectivity index (χ2v) is 3.50. The molecule has 15 heavy (non-hydrogen) atoms. The molecule has 0 heterocycles. The predicted molar refractivity (Wildman–Crippen MR) is 66.8 cm³/mol. The van der Waals surface area contributed by atoms with E-state index in [-0.39, 0.29) is 12.4 Å². The zero-order valence-corrected chi connectivity index (χ0v) is 10.4. The summed E-state index contributed by atoms with van der Waals surface area (Å²) >= 11 is 0. The van der Waals surface area contributed by atoms with E-state index in [0.29, 0.717) is 6.04 Å². The van der Waals surface area contributed by atoms with Gasteiger partial charge >= 0.3 is 0 Å². The molecule has 3 heteroatoms. The maximum absolute atomic E-state index is 5.27. The minimum Gasteiger partial charge on any atom is -0.496 e. The van der Waals surface area contributed by atoms with Crippen molar-refractivity contribution in [3.8, 4) is 5.75 Å². The lowest BCUT2D eigenvalue weighted by Crippen LogP contribution is -2.24. The SMILES string of the molecule is CCC(C)NCc1ccccc1OC.Cl. The zero-order chi connectivity index (χ0) is 10.4. The summed E-state index contributed by atoms with van der Waals surface area (Å²) in [5.74, 6) is 0.961. The molecule has 1 aromatic carbocycles. The first kappa shape index (κ1) is 14.3. The van der Waals surface area contributed by atoms with Crippen LogP contribution in [0.5, 0.6) is 5.75 Å². The third kappa shape index (κ3) is 4.54. The average molecular weight is 230 g/mol. The summed E-state index contributed by atoms with van der Waals surface area (Å²) in [5.41, 5.74) is 1.22. The lowest BCUT2D eigenvalue weighted by molar-refractivity contribution is 0.405. The Labute approximate surface area is 98.4 Å². The summed E-state index contributed by atoms with van der Waals surface area (Å²) in [6.45, 7) is 5.24. The summed E-state index contributed by atoms with van der Waals surface area (Å²) in [6, 6.07) is 8.67. The molecule has 0 spiro atoms. The quantitative estimate of drug-likeness (QED) is 0.838. The van der Waals surface area contributed by atoms with Crippen LogP contribution >= 0.6 is 12.4 Å². The summed E-state index contributed by atoms with van der Waals surface area (Å²) in [4.78, 5) is 0. The Kier molecular flexibility index (Phi) is 7.18. The lowest BCUT2D eigenvalue weighted by atomic mass is 10.2. The van der Waals surface area contributed by atoms with Gasteiger partial charge in [0.05, 0.1) is 7.11 Å². The molecule has 2 nitrogen and oxygen atoms in total. The van der Waals surface area contributed by atoms with Crippen molar-refractivity contribution in [2.24, 2.45) is 0 Å². The van der Waals surface area contributed by atoms with Crippen LogP contribution in [0.4, 0.5) is 0 Å². The molecule has 0 aliphatic carbocycles. The molecule has 0 saturated heterocycles. The molecule has 0 amide bonds. The van der Waals surface area contributed by atoms with Crippen LogP contribution in [0.25, 0.3) is 0 Å². The first-order chi connectivity index (χ1) is 6.77. The van der Waals surface area contributed by atoms with Gasteiger partial charge in [-0.25, -0.2) is 0 Å². The Morgan fingerprint density at radius 2 is 2.00 bits per heavy atom. The van der Waals surface area contributed by atoms with E-state index >= 15 is 0 Å². The molecule has 0 saturated carbocycles.